The molecule has 8 heteroatoms. The Labute approximate surface area is 174 Å². The minimum atomic E-state index is -3.47. The summed E-state index contributed by atoms with van der Waals surface area (Å²) in [5.41, 5.74) is 3.23. The van der Waals surface area contributed by atoms with Crippen molar-refractivity contribution in [2.45, 2.75) is 30.7 Å². The Hall–Kier alpha value is -2.97. The molecule has 0 spiro atoms. The van der Waals surface area contributed by atoms with Crippen molar-refractivity contribution in [2.24, 2.45) is 0 Å². The first kappa shape index (κ1) is 19.0. The van der Waals surface area contributed by atoms with Gasteiger partial charge in [0.1, 0.15) is 17.4 Å². The molecule has 1 aliphatic rings. The second kappa shape index (κ2) is 7.37. The molecule has 3 heterocycles. The molecule has 0 aliphatic carbocycles. The largest absolute Gasteiger partial charge is 0.450 e. The van der Waals surface area contributed by atoms with Crippen LogP contribution in [0.2, 0.25) is 0 Å². The number of nitrogens with zero attached hydrogens (tertiary/aromatic N) is 3. The number of sulfonamides is 1. The van der Waals surface area contributed by atoms with Crippen molar-refractivity contribution in [2.75, 3.05) is 18.4 Å². The highest BCUT2D eigenvalue weighted by Crippen LogP contribution is 2.31. The minimum absolute atomic E-state index is 0.112. The fourth-order valence-corrected chi connectivity index (χ4v) is 5.39. The van der Waals surface area contributed by atoms with Gasteiger partial charge < -0.3 is 9.73 Å². The molecule has 1 saturated heterocycles. The Bertz CT molecular complexity index is 1310. The first-order valence-electron chi connectivity index (χ1n) is 9.98. The van der Waals surface area contributed by atoms with E-state index in [1.54, 1.807) is 16.4 Å². The lowest BCUT2D eigenvalue weighted by atomic mass is 10.1. The van der Waals surface area contributed by atoms with Gasteiger partial charge in [-0.3, -0.25) is 0 Å². The fourth-order valence-electron chi connectivity index (χ4n) is 3.92. The van der Waals surface area contributed by atoms with Crippen LogP contribution in [-0.4, -0.2) is 41.8 Å². The number of fused-ring (bicyclic) bond motifs is 3. The van der Waals surface area contributed by atoms with Crippen molar-refractivity contribution in [1.29, 1.82) is 0 Å². The van der Waals surface area contributed by atoms with E-state index < -0.39 is 10.0 Å². The molecular formula is C22H22N4O3S. The molecule has 0 amide bonds. The number of aryl methyl sites for hydroxylation is 1. The van der Waals surface area contributed by atoms with Crippen LogP contribution >= 0.6 is 0 Å². The van der Waals surface area contributed by atoms with Crippen LogP contribution in [0, 0.1) is 6.92 Å². The van der Waals surface area contributed by atoms with E-state index in [0.717, 1.165) is 22.0 Å². The number of hydrogen-bond donors (Lipinski definition) is 1. The van der Waals surface area contributed by atoms with Gasteiger partial charge in [-0.25, -0.2) is 18.4 Å². The number of furan rings is 1. The van der Waals surface area contributed by atoms with Gasteiger partial charge in [0.2, 0.25) is 10.0 Å². The standard InChI is InChI=1S/C22H22N4O3S/c1-15-6-8-17(9-7-15)30(27,28)26-12-10-16(11-13-26)25-22-21-20(23-14-24-22)18-4-2-3-5-19(18)29-21/h2-9,14,16H,10-13H2,1H3,(H,23,24,25). The minimum Gasteiger partial charge on any atom is -0.450 e. The van der Waals surface area contributed by atoms with Gasteiger partial charge in [-0.15, -0.1) is 0 Å². The van der Waals surface area contributed by atoms with Crippen molar-refractivity contribution < 1.29 is 12.8 Å². The predicted octanol–water partition coefficient (Wildman–Crippen LogP) is 3.95. The van der Waals surface area contributed by atoms with Crippen molar-refractivity contribution in [3.05, 3.63) is 60.4 Å². The molecule has 1 aliphatic heterocycles. The van der Waals surface area contributed by atoms with E-state index in [4.69, 9.17) is 4.42 Å². The zero-order chi connectivity index (χ0) is 20.7. The summed E-state index contributed by atoms with van der Waals surface area (Å²) in [6.07, 6.45) is 2.91. The molecule has 0 saturated carbocycles. The van der Waals surface area contributed by atoms with E-state index in [1.165, 1.54) is 6.33 Å². The number of hydrogen-bond acceptors (Lipinski definition) is 6. The predicted molar refractivity (Wildman–Crippen MR) is 116 cm³/mol. The van der Waals surface area contributed by atoms with Crippen molar-refractivity contribution in [3.8, 4) is 0 Å². The van der Waals surface area contributed by atoms with Crippen LogP contribution < -0.4 is 5.32 Å². The fraction of sp³-hybridized carbons (Fsp3) is 0.273. The van der Waals surface area contributed by atoms with Crippen LogP contribution in [0.1, 0.15) is 18.4 Å². The van der Waals surface area contributed by atoms with Crippen molar-refractivity contribution in [3.63, 3.8) is 0 Å². The molecule has 0 radical (unpaired) electrons. The highest BCUT2D eigenvalue weighted by atomic mass is 32.2. The number of para-hydroxylation sites is 1. The monoisotopic (exact) mass is 422 g/mol. The van der Waals surface area contributed by atoms with Crippen LogP contribution in [0.25, 0.3) is 22.1 Å². The van der Waals surface area contributed by atoms with Crippen molar-refractivity contribution >= 4 is 37.9 Å². The first-order chi connectivity index (χ1) is 14.5. The molecule has 0 atom stereocenters. The van der Waals surface area contributed by atoms with E-state index >= 15 is 0 Å². The van der Waals surface area contributed by atoms with Gasteiger partial charge in [-0.1, -0.05) is 29.8 Å². The van der Waals surface area contributed by atoms with Crippen LogP contribution in [0.4, 0.5) is 5.82 Å². The summed E-state index contributed by atoms with van der Waals surface area (Å²) in [6, 6.07) is 14.9. The molecule has 30 heavy (non-hydrogen) atoms. The van der Waals surface area contributed by atoms with Crippen LogP contribution in [0.5, 0.6) is 0 Å². The number of nitrogens with one attached hydrogen (secondary N) is 1. The Morgan fingerprint density at radius 2 is 1.77 bits per heavy atom. The zero-order valence-corrected chi connectivity index (χ0v) is 17.4. The number of rotatable bonds is 4. The third kappa shape index (κ3) is 3.32. The van der Waals surface area contributed by atoms with Gasteiger partial charge in [-0.2, -0.15) is 4.31 Å². The summed E-state index contributed by atoms with van der Waals surface area (Å²) >= 11 is 0. The number of benzene rings is 2. The number of aromatic nitrogens is 2. The lowest BCUT2D eigenvalue weighted by Crippen LogP contribution is -2.42. The number of piperidine rings is 1. The van der Waals surface area contributed by atoms with Gasteiger partial charge in [0.15, 0.2) is 11.4 Å². The van der Waals surface area contributed by atoms with E-state index in [-0.39, 0.29) is 6.04 Å². The zero-order valence-electron chi connectivity index (χ0n) is 16.6. The van der Waals surface area contributed by atoms with Crippen LogP contribution in [0.15, 0.2) is 64.2 Å². The van der Waals surface area contributed by atoms with Gasteiger partial charge in [0, 0.05) is 24.5 Å². The van der Waals surface area contributed by atoms with Crippen LogP contribution in [0.3, 0.4) is 0 Å². The molecule has 2 aromatic heterocycles. The van der Waals surface area contributed by atoms with Gasteiger partial charge >= 0.3 is 0 Å². The average molecular weight is 423 g/mol. The summed E-state index contributed by atoms with van der Waals surface area (Å²) in [4.78, 5) is 9.09. The van der Waals surface area contributed by atoms with Crippen molar-refractivity contribution in [1.82, 2.24) is 14.3 Å². The highest BCUT2D eigenvalue weighted by Gasteiger charge is 2.30. The van der Waals surface area contributed by atoms with Gasteiger partial charge in [0.25, 0.3) is 0 Å². The van der Waals surface area contributed by atoms with E-state index in [2.05, 4.69) is 15.3 Å². The Kier molecular flexibility index (Phi) is 4.67. The summed E-state index contributed by atoms with van der Waals surface area (Å²) in [5, 5.41) is 4.39. The molecule has 7 nitrogen and oxygen atoms in total. The molecule has 5 rings (SSSR count). The lowest BCUT2D eigenvalue weighted by molar-refractivity contribution is 0.329. The quantitative estimate of drug-likeness (QED) is 0.536. The maximum absolute atomic E-state index is 12.9. The number of anilines is 1. The summed E-state index contributed by atoms with van der Waals surface area (Å²) in [5.74, 6) is 0.649. The van der Waals surface area contributed by atoms with E-state index in [0.29, 0.717) is 42.2 Å². The normalized spacial score (nSPS) is 16.3. The smallest absolute Gasteiger partial charge is 0.243 e. The Balaban J connectivity index is 1.32. The second-order valence-electron chi connectivity index (χ2n) is 7.63. The summed E-state index contributed by atoms with van der Waals surface area (Å²) < 4.78 is 33.4. The van der Waals surface area contributed by atoms with Crippen LogP contribution in [-0.2, 0) is 10.0 Å². The van der Waals surface area contributed by atoms with Gasteiger partial charge in [0.05, 0.1) is 4.90 Å². The molecule has 0 unspecified atom stereocenters. The Morgan fingerprint density at radius 3 is 2.53 bits per heavy atom. The maximum atomic E-state index is 12.9. The Morgan fingerprint density at radius 1 is 1.03 bits per heavy atom. The van der Waals surface area contributed by atoms with E-state index in [1.807, 2.05) is 43.3 Å². The SMILES string of the molecule is Cc1ccc(S(=O)(=O)N2CCC(Nc3ncnc4c3oc3ccccc34)CC2)cc1. The molecule has 154 valence electrons. The maximum Gasteiger partial charge on any atom is 0.243 e. The average Bonchev–Trinajstić information content (AvgIpc) is 3.14. The summed E-state index contributed by atoms with van der Waals surface area (Å²) in [6.45, 7) is 2.87. The third-order valence-corrected chi connectivity index (χ3v) is 7.52. The lowest BCUT2D eigenvalue weighted by Gasteiger charge is -2.31. The topological polar surface area (TPSA) is 88.3 Å². The first-order valence-corrected chi connectivity index (χ1v) is 11.4. The third-order valence-electron chi connectivity index (χ3n) is 5.61. The molecule has 1 fully saturated rings. The van der Waals surface area contributed by atoms with E-state index in [9.17, 15) is 8.42 Å². The second-order valence-corrected chi connectivity index (χ2v) is 9.57. The molecule has 0 bridgehead atoms. The molecule has 4 aromatic rings. The molecule has 1 N–H and O–H groups in total. The molecule has 2 aromatic carbocycles. The molecular weight excluding hydrogens is 400 g/mol. The van der Waals surface area contributed by atoms with Gasteiger partial charge in [-0.05, 0) is 44.0 Å². The highest BCUT2D eigenvalue weighted by molar-refractivity contribution is 7.89. The summed E-state index contributed by atoms with van der Waals surface area (Å²) in [7, 11) is -3.47.